The van der Waals surface area contributed by atoms with Crippen LogP contribution in [0.1, 0.15) is 6.42 Å². The topological polar surface area (TPSA) is 46.8 Å². The zero-order valence-corrected chi connectivity index (χ0v) is 14.4. The number of hydrogen-bond acceptors (Lipinski definition) is 4. The highest BCUT2D eigenvalue weighted by Gasteiger charge is 2.08. The quantitative estimate of drug-likeness (QED) is 0.741. The van der Waals surface area contributed by atoms with Crippen LogP contribution >= 0.6 is 11.3 Å². The highest BCUT2D eigenvalue weighted by atomic mass is 32.1. The van der Waals surface area contributed by atoms with Crippen molar-refractivity contribution in [2.24, 2.45) is 4.99 Å². The number of thiazole rings is 1. The van der Waals surface area contributed by atoms with Crippen LogP contribution in [0.2, 0.25) is 0 Å². The van der Waals surface area contributed by atoms with E-state index >= 15 is 0 Å². The predicted octanol–water partition coefficient (Wildman–Crippen LogP) is 3.84. The standard InChI is InChI=1S/C19H20N2O2S/c1-23-18-11-6-5-10-16(18)20-19-21(12-7-13-22)17(14-24-19)15-8-3-2-4-9-15/h2-6,8-11,14,22H,7,12-13H2,1H3. The Hall–Kier alpha value is -2.37. The number of benzene rings is 2. The zero-order chi connectivity index (χ0) is 16.8. The van der Waals surface area contributed by atoms with Crippen molar-refractivity contribution in [2.75, 3.05) is 13.7 Å². The third kappa shape index (κ3) is 3.58. The van der Waals surface area contributed by atoms with E-state index in [1.54, 1.807) is 18.4 Å². The first-order chi connectivity index (χ1) is 11.8. The van der Waals surface area contributed by atoms with Gasteiger partial charge < -0.3 is 14.4 Å². The van der Waals surface area contributed by atoms with Crippen LogP contribution in [-0.2, 0) is 6.54 Å². The van der Waals surface area contributed by atoms with Gasteiger partial charge in [-0.1, -0.05) is 42.5 Å². The number of para-hydroxylation sites is 2. The Bertz CT molecular complexity index is 853. The molecule has 24 heavy (non-hydrogen) atoms. The smallest absolute Gasteiger partial charge is 0.190 e. The van der Waals surface area contributed by atoms with Crippen molar-refractivity contribution in [2.45, 2.75) is 13.0 Å². The Balaban J connectivity index is 2.11. The molecule has 0 aliphatic carbocycles. The van der Waals surface area contributed by atoms with Gasteiger partial charge in [-0.2, -0.15) is 0 Å². The van der Waals surface area contributed by atoms with Crippen molar-refractivity contribution in [3.8, 4) is 17.0 Å². The van der Waals surface area contributed by atoms with E-state index in [4.69, 9.17) is 9.73 Å². The summed E-state index contributed by atoms with van der Waals surface area (Å²) < 4.78 is 7.55. The predicted molar refractivity (Wildman–Crippen MR) is 97.7 cm³/mol. The summed E-state index contributed by atoms with van der Waals surface area (Å²) in [6, 6.07) is 18.0. The van der Waals surface area contributed by atoms with Gasteiger partial charge in [0, 0.05) is 18.5 Å². The molecule has 0 aliphatic heterocycles. The Morgan fingerprint density at radius 1 is 1.08 bits per heavy atom. The molecule has 0 aliphatic rings. The number of aliphatic hydroxyl groups excluding tert-OH is 1. The van der Waals surface area contributed by atoms with Gasteiger partial charge in [-0.15, -0.1) is 11.3 Å². The van der Waals surface area contributed by atoms with Crippen LogP contribution in [0.25, 0.3) is 11.3 Å². The molecular formula is C19H20N2O2S. The van der Waals surface area contributed by atoms with Gasteiger partial charge >= 0.3 is 0 Å². The van der Waals surface area contributed by atoms with Crippen LogP contribution in [0.4, 0.5) is 5.69 Å². The minimum absolute atomic E-state index is 0.158. The van der Waals surface area contributed by atoms with E-state index in [0.29, 0.717) is 6.42 Å². The highest BCUT2D eigenvalue weighted by molar-refractivity contribution is 7.07. The maximum Gasteiger partial charge on any atom is 0.190 e. The second-order valence-corrected chi connectivity index (χ2v) is 6.12. The Morgan fingerprint density at radius 3 is 2.58 bits per heavy atom. The number of aromatic nitrogens is 1. The molecule has 0 fully saturated rings. The van der Waals surface area contributed by atoms with E-state index in [1.807, 2.05) is 42.5 Å². The first-order valence-electron chi connectivity index (χ1n) is 7.86. The van der Waals surface area contributed by atoms with E-state index in [0.717, 1.165) is 34.0 Å². The number of ether oxygens (including phenoxy) is 1. The zero-order valence-electron chi connectivity index (χ0n) is 13.6. The Kier molecular flexibility index (Phi) is 5.46. The van der Waals surface area contributed by atoms with Crippen molar-refractivity contribution < 1.29 is 9.84 Å². The molecule has 0 radical (unpaired) electrons. The normalized spacial score (nSPS) is 11.7. The van der Waals surface area contributed by atoms with Crippen LogP contribution in [0.15, 0.2) is 65.0 Å². The second-order valence-electron chi connectivity index (χ2n) is 5.28. The lowest BCUT2D eigenvalue weighted by Gasteiger charge is -2.09. The molecule has 124 valence electrons. The van der Waals surface area contributed by atoms with Crippen LogP contribution in [0.3, 0.4) is 0 Å². The molecule has 0 spiro atoms. The van der Waals surface area contributed by atoms with Crippen molar-refractivity contribution >= 4 is 17.0 Å². The van der Waals surface area contributed by atoms with Gasteiger partial charge in [-0.3, -0.25) is 0 Å². The molecule has 0 bridgehead atoms. The van der Waals surface area contributed by atoms with Crippen LogP contribution < -0.4 is 9.54 Å². The number of hydrogen-bond donors (Lipinski definition) is 1. The molecule has 0 saturated heterocycles. The summed E-state index contributed by atoms with van der Waals surface area (Å²) in [5.41, 5.74) is 3.06. The van der Waals surface area contributed by atoms with E-state index in [-0.39, 0.29) is 6.61 Å². The monoisotopic (exact) mass is 340 g/mol. The summed E-state index contributed by atoms with van der Waals surface area (Å²) in [5.74, 6) is 0.751. The first-order valence-corrected chi connectivity index (χ1v) is 8.74. The maximum atomic E-state index is 9.23. The van der Waals surface area contributed by atoms with E-state index in [9.17, 15) is 5.11 Å². The molecular weight excluding hydrogens is 320 g/mol. The van der Waals surface area contributed by atoms with Gasteiger partial charge in [0.2, 0.25) is 0 Å². The Morgan fingerprint density at radius 2 is 1.83 bits per heavy atom. The molecule has 4 nitrogen and oxygen atoms in total. The molecule has 0 saturated carbocycles. The minimum Gasteiger partial charge on any atom is -0.494 e. The summed E-state index contributed by atoms with van der Waals surface area (Å²) in [6.07, 6.45) is 0.690. The van der Waals surface area contributed by atoms with E-state index in [2.05, 4.69) is 22.1 Å². The van der Waals surface area contributed by atoms with Crippen LogP contribution in [-0.4, -0.2) is 23.4 Å². The molecule has 5 heteroatoms. The average molecular weight is 340 g/mol. The fourth-order valence-corrected chi connectivity index (χ4v) is 3.48. The Labute approximate surface area is 145 Å². The third-order valence-corrected chi connectivity index (χ3v) is 4.57. The summed E-state index contributed by atoms with van der Waals surface area (Å²) >= 11 is 1.59. The summed E-state index contributed by atoms with van der Waals surface area (Å²) in [6.45, 7) is 0.878. The minimum atomic E-state index is 0.158. The lowest BCUT2D eigenvalue weighted by molar-refractivity contribution is 0.279. The third-order valence-electron chi connectivity index (χ3n) is 3.71. The maximum absolute atomic E-state index is 9.23. The lowest BCUT2D eigenvalue weighted by Crippen LogP contribution is -2.16. The molecule has 0 amide bonds. The van der Waals surface area contributed by atoms with Crippen LogP contribution in [0.5, 0.6) is 5.75 Å². The average Bonchev–Trinajstić information content (AvgIpc) is 3.03. The fraction of sp³-hybridized carbons (Fsp3) is 0.211. The van der Waals surface area contributed by atoms with Crippen molar-refractivity contribution in [3.63, 3.8) is 0 Å². The molecule has 3 aromatic rings. The summed E-state index contributed by atoms with van der Waals surface area (Å²) in [4.78, 5) is 5.68. The molecule has 1 aromatic heterocycles. The van der Waals surface area contributed by atoms with Gasteiger partial charge in [0.05, 0.1) is 12.8 Å². The molecule has 0 unspecified atom stereocenters. The molecule has 2 aromatic carbocycles. The first kappa shape index (κ1) is 16.5. The lowest BCUT2D eigenvalue weighted by atomic mass is 10.2. The summed E-state index contributed by atoms with van der Waals surface area (Å²) in [7, 11) is 1.65. The van der Waals surface area contributed by atoms with E-state index in [1.165, 1.54) is 0 Å². The highest BCUT2D eigenvalue weighted by Crippen LogP contribution is 2.26. The number of nitrogens with zero attached hydrogens (tertiary/aromatic N) is 2. The largest absolute Gasteiger partial charge is 0.494 e. The summed E-state index contributed by atoms with van der Waals surface area (Å²) in [5, 5.41) is 11.3. The molecule has 1 heterocycles. The van der Waals surface area contributed by atoms with E-state index < -0.39 is 0 Å². The van der Waals surface area contributed by atoms with Crippen molar-refractivity contribution in [1.82, 2.24) is 4.57 Å². The molecule has 0 atom stereocenters. The number of aliphatic hydroxyl groups is 1. The van der Waals surface area contributed by atoms with Crippen molar-refractivity contribution in [1.29, 1.82) is 0 Å². The molecule has 1 N–H and O–H groups in total. The number of methoxy groups -OCH3 is 1. The van der Waals surface area contributed by atoms with Gasteiger partial charge in [0.15, 0.2) is 4.80 Å². The second kappa shape index (κ2) is 7.95. The van der Waals surface area contributed by atoms with Gasteiger partial charge in [0.25, 0.3) is 0 Å². The van der Waals surface area contributed by atoms with Gasteiger partial charge in [0.1, 0.15) is 11.4 Å². The SMILES string of the molecule is COc1ccccc1N=c1scc(-c2ccccc2)n1CCCO. The van der Waals surface area contributed by atoms with Crippen molar-refractivity contribution in [3.05, 3.63) is 64.8 Å². The van der Waals surface area contributed by atoms with Gasteiger partial charge in [-0.05, 0) is 24.1 Å². The molecule has 3 rings (SSSR count). The van der Waals surface area contributed by atoms with Crippen LogP contribution in [0, 0.1) is 0 Å². The fourth-order valence-electron chi connectivity index (χ4n) is 2.53. The number of rotatable bonds is 6. The van der Waals surface area contributed by atoms with Gasteiger partial charge in [-0.25, -0.2) is 4.99 Å².